The Morgan fingerprint density at radius 3 is 2.59 bits per heavy atom. The predicted octanol–water partition coefficient (Wildman–Crippen LogP) is 2.69. The van der Waals surface area contributed by atoms with Crippen molar-refractivity contribution in [2.24, 2.45) is 0 Å². The third-order valence-electron chi connectivity index (χ3n) is 2.63. The van der Waals surface area contributed by atoms with Crippen LogP contribution in [0, 0.1) is 0 Å². The average molecular weight is 252 g/mol. The quantitative estimate of drug-likeness (QED) is 0.741. The molecule has 5 heteroatoms. The van der Waals surface area contributed by atoms with Crippen molar-refractivity contribution < 1.29 is 18.3 Å². The smallest absolute Gasteiger partial charge is 0.309 e. The van der Waals surface area contributed by atoms with E-state index in [1.807, 2.05) is 18.2 Å². The van der Waals surface area contributed by atoms with Crippen molar-refractivity contribution in [3.05, 3.63) is 48.3 Å². The molecular formula is C12H13O4P. The summed E-state index contributed by atoms with van der Waals surface area (Å²) in [5.74, 6) is 1.48. The van der Waals surface area contributed by atoms with Gasteiger partial charge in [-0.2, -0.15) is 0 Å². The predicted molar refractivity (Wildman–Crippen MR) is 61.0 cm³/mol. The largest absolute Gasteiger partial charge is 0.596 e. The molecule has 2 heterocycles. The summed E-state index contributed by atoms with van der Waals surface area (Å²) in [7, 11) is -2.40. The summed E-state index contributed by atoms with van der Waals surface area (Å²) in [5, 5.41) is 0. The Morgan fingerprint density at radius 1 is 1.24 bits per heavy atom. The van der Waals surface area contributed by atoms with E-state index in [1.165, 1.54) is 0 Å². The molecule has 0 aliphatic rings. The van der Waals surface area contributed by atoms with Gasteiger partial charge in [0.05, 0.1) is 18.4 Å². The molecule has 2 aromatic rings. The highest BCUT2D eigenvalue weighted by atomic mass is 31.1. The van der Waals surface area contributed by atoms with Gasteiger partial charge in [0.1, 0.15) is 11.5 Å². The Labute approximate surface area is 100 Å². The van der Waals surface area contributed by atoms with E-state index in [-0.39, 0.29) is 12.1 Å². The van der Waals surface area contributed by atoms with Crippen LogP contribution < -0.4 is 4.89 Å². The van der Waals surface area contributed by atoms with Gasteiger partial charge in [-0.3, -0.25) is 0 Å². The van der Waals surface area contributed by atoms with Gasteiger partial charge in [0.25, 0.3) is 0 Å². The fourth-order valence-electron chi connectivity index (χ4n) is 1.80. The van der Waals surface area contributed by atoms with E-state index >= 15 is 0 Å². The zero-order valence-corrected chi connectivity index (χ0v) is 10.1. The van der Waals surface area contributed by atoms with E-state index in [1.54, 1.807) is 18.6 Å². The summed E-state index contributed by atoms with van der Waals surface area (Å²) in [6.45, 7) is 0. The summed E-state index contributed by atoms with van der Waals surface area (Å²) in [4.78, 5) is 10.8. The highest BCUT2D eigenvalue weighted by Gasteiger charge is 2.21. The molecule has 0 aliphatic heterocycles. The Kier molecular flexibility index (Phi) is 4.13. The van der Waals surface area contributed by atoms with Gasteiger partial charge < -0.3 is 13.7 Å². The van der Waals surface area contributed by atoms with Crippen molar-refractivity contribution in [1.29, 1.82) is 0 Å². The van der Waals surface area contributed by atoms with Gasteiger partial charge in [0.15, 0.2) is 6.16 Å². The Bertz CT molecular complexity index is 447. The van der Waals surface area contributed by atoms with Gasteiger partial charge in [0.2, 0.25) is 0 Å². The van der Waals surface area contributed by atoms with Crippen LogP contribution in [-0.4, -0.2) is 6.16 Å². The van der Waals surface area contributed by atoms with Crippen molar-refractivity contribution in [3.63, 3.8) is 0 Å². The molecule has 0 aromatic carbocycles. The number of hydrogen-bond acceptors (Lipinski definition) is 4. The van der Waals surface area contributed by atoms with Crippen LogP contribution in [0.25, 0.3) is 0 Å². The Morgan fingerprint density at radius 2 is 2.00 bits per heavy atom. The fourth-order valence-corrected chi connectivity index (χ4v) is 2.52. The normalized spacial score (nSPS) is 13.6. The molecule has 0 fully saturated rings. The minimum absolute atomic E-state index is 0.101. The molecule has 17 heavy (non-hydrogen) atoms. The van der Waals surface area contributed by atoms with Crippen molar-refractivity contribution in [2.45, 2.75) is 18.8 Å². The molecule has 4 nitrogen and oxygen atoms in total. The van der Waals surface area contributed by atoms with Gasteiger partial charge in [-0.25, -0.2) is 0 Å². The van der Waals surface area contributed by atoms with Crippen LogP contribution in [0.3, 0.4) is 0 Å². The summed E-state index contributed by atoms with van der Waals surface area (Å²) >= 11 is 0. The van der Waals surface area contributed by atoms with Crippen molar-refractivity contribution >= 4 is 8.03 Å². The van der Waals surface area contributed by atoms with E-state index in [2.05, 4.69) is 0 Å². The summed E-state index contributed by atoms with van der Waals surface area (Å²) < 4.78 is 21.3. The second kappa shape index (κ2) is 5.80. The van der Waals surface area contributed by atoms with Crippen molar-refractivity contribution in [2.75, 3.05) is 6.16 Å². The first-order valence-corrected chi connectivity index (χ1v) is 6.79. The molecule has 0 spiro atoms. The zero-order valence-electron chi connectivity index (χ0n) is 9.24. The van der Waals surface area contributed by atoms with E-state index in [0.717, 1.165) is 11.5 Å². The summed E-state index contributed by atoms with van der Waals surface area (Å²) in [6.07, 6.45) is 4.70. The third-order valence-corrected chi connectivity index (χ3v) is 3.37. The lowest BCUT2D eigenvalue weighted by molar-refractivity contribution is -0.164. The minimum Gasteiger partial charge on any atom is -0.596 e. The highest BCUT2D eigenvalue weighted by Crippen LogP contribution is 2.28. The van der Waals surface area contributed by atoms with E-state index < -0.39 is 8.03 Å². The maximum absolute atomic E-state index is 10.8. The lowest BCUT2D eigenvalue weighted by Crippen LogP contribution is -2.06. The van der Waals surface area contributed by atoms with Gasteiger partial charge in [-0.05, 0) is 30.7 Å². The van der Waals surface area contributed by atoms with Crippen molar-refractivity contribution in [1.82, 2.24) is 0 Å². The molecule has 2 atom stereocenters. The van der Waals surface area contributed by atoms with Crippen LogP contribution in [0.2, 0.25) is 0 Å². The van der Waals surface area contributed by atoms with Crippen LogP contribution in [0.15, 0.2) is 45.6 Å². The number of furan rings is 2. The summed E-state index contributed by atoms with van der Waals surface area (Å²) in [6, 6.07) is 7.29. The Balaban J connectivity index is 1.98. The van der Waals surface area contributed by atoms with Crippen LogP contribution in [0.4, 0.5) is 0 Å². The molecular weight excluding hydrogens is 239 g/mol. The van der Waals surface area contributed by atoms with E-state index in [4.69, 9.17) is 8.83 Å². The lowest BCUT2D eigenvalue weighted by Gasteiger charge is -2.08. The standard InChI is InChI=1S/C12H13O4P/c13-17(14)9-10(12-4-2-8-16-12)5-6-11-3-1-7-15-11/h1-4,7-8,10H,5-6,9H2. The van der Waals surface area contributed by atoms with Gasteiger partial charge in [-0.15, -0.1) is 0 Å². The monoisotopic (exact) mass is 252 g/mol. The minimum atomic E-state index is -2.40. The molecule has 2 unspecified atom stereocenters. The SMILES string of the molecule is O=[P+]([O-])CC(CCc1ccco1)c1ccco1. The number of rotatable bonds is 6. The molecule has 0 N–H and O–H groups in total. The van der Waals surface area contributed by atoms with Crippen LogP contribution in [-0.2, 0) is 11.0 Å². The van der Waals surface area contributed by atoms with Crippen molar-refractivity contribution in [3.8, 4) is 0 Å². The molecule has 90 valence electrons. The molecule has 0 saturated carbocycles. The molecule has 0 aliphatic carbocycles. The summed E-state index contributed by atoms with van der Waals surface area (Å²) in [5.41, 5.74) is 0. The third kappa shape index (κ3) is 3.55. The molecule has 0 radical (unpaired) electrons. The molecule has 0 saturated heterocycles. The lowest BCUT2D eigenvalue weighted by atomic mass is 10.0. The van der Waals surface area contributed by atoms with Gasteiger partial charge in [0, 0.05) is 6.42 Å². The fraction of sp³-hybridized carbons (Fsp3) is 0.333. The topological polar surface area (TPSA) is 66.4 Å². The first-order chi connectivity index (χ1) is 8.25. The number of aryl methyl sites for hydroxylation is 1. The first-order valence-electron chi connectivity index (χ1n) is 5.43. The molecule has 0 bridgehead atoms. The second-order valence-corrected chi connectivity index (χ2v) is 4.88. The number of hydrogen-bond donors (Lipinski definition) is 0. The van der Waals surface area contributed by atoms with Crippen LogP contribution >= 0.6 is 8.03 Å². The maximum atomic E-state index is 10.8. The molecule has 2 aromatic heterocycles. The zero-order chi connectivity index (χ0) is 12.1. The molecule has 2 rings (SSSR count). The Hall–Kier alpha value is -1.38. The first kappa shape index (κ1) is 12.1. The van der Waals surface area contributed by atoms with Gasteiger partial charge >= 0.3 is 8.03 Å². The average Bonchev–Trinajstić information content (AvgIpc) is 2.96. The second-order valence-electron chi connectivity index (χ2n) is 3.85. The van der Waals surface area contributed by atoms with E-state index in [0.29, 0.717) is 12.8 Å². The van der Waals surface area contributed by atoms with Crippen LogP contribution in [0.1, 0.15) is 23.9 Å². The molecule has 0 amide bonds. The maximum Gasteiger partial charge on any atom is 0.309 e. The highest BCUT2D eigenvalue weighted by molar-refractivity contribution is 7.36. The van der Waals surface area contributed by atoms with Crippen LogP contribution in [0.5, 0.6) is 0 Å². The van der Waals surface area contributed by atoms with Gasteiger partial charge in [-0.1, -0.05) is 4.57 Å². The van der Waals surface area contributed by atoms with E-state index in [9.17, 15) is 9.46 Å².